The molecule has 28 heavy (non-hydrogen) atoms. The number of halogens is 1. The molecule has 4 rings (SSSR count). The molecule has 3 heterocycles. The number of amides is 1. The molecule has 0 saturated carbocycles. The van der Waals surface area contributed by atoms with Crippen LogP contribution in [-0.2, 0) is 13.6 Å². The van der Waals surface area contributed by atoms with Crippen LogP contribution < -0.4 is 5.32 Å². The number of hydrogen-bond acceptors (Lipinski definition) is 5. The third-order valence-corrected chi connectivity index (χ3v) is 4.71. The van der Waals surface area contributed by atoms with E-state index in [0.717, 1.165) is 17.0 Å². The zero-order chi connectivity index (χ0) is 19.8. The van der Waals surface area contributed by atoms with Crippen LogP contribution >= 0.6 is 0 Å². The summed E-state index contributed by atoms with van der Waals surface area (Å²) in [4.78, 5) is 21.4. The first kappa shape index (κ1) is 17.8. The number of aromatic nitrogens is 6. The van der Waals surface area contributed by atoms with E-state index < -0.39 is 0 Å². The zero-order valence-corrected chi connectivity index (χ0v) is 15.6. The SMILES string of the molecule is Cc1nn(C)c(C)c1CNC(=O)c1cc(-c2ccc(F)cc2)nc2ncnn12. The highest BCUT2D eigenvalue weighted by atomic mass is 19.1. The molecular formula is C19H18FN7O. The number of rotatable bonds is 4. The van der Waals surface area contributed by atoms with Gasteiger partial charge >= 0.3 is 0 Å². The minimum atomic E-state index is -0.340. The van der Waals surface area contributed by atoms with Gasteiger partial charge in [-0.3, -0.25) is 9.48 Å². The fraction of sp³-hybridized carbons (Fsp3) is 0.211. The van der Waals surface area contributed by atoms with Crippen molar-refractivity contribution >= 4 is 11.7 Å². The van der Waals surface area contributed by atoms with Gasteiger partial charge in [-0.1, -0.05) is 0 Å². The van der Waals surface area contributed by atoms with E-state index in [1.807, 2.05) is 20.9 Å². The summed E-state index contributed by atoms with van der Waals surface area (Å²) >= 11 is 0. The van der Waals surface area contributed by atoms with E-state index in [0.29, 0.717) is 29.3 Å². The molecule has 142 valence electrons. The molecule has 1 amide bonds. The predicted octanol–water partition coefficient (Wildman–Crippen LogP) is 2.21. The maximum absolute atomic E-state index is 13.2. The Labute approximate surface area is 160 Å². The zero-order valence-electron chi connectivity index (χ0n) is 15.6. The van der Waals surface area contributed by atoms with Gasteiger partial charge in [0, 0.05) is 30.4 Å². The van der Waals surface area contributed by atoms with E-state index in [2.05, 4.69) is 25.5 Å². The van der Waals surface area contributed by atoms with Crippen molar-refractivity contribution in [2.75, 3.05) is 0 Å². The third-order valence-electron chi connectivity index (χ3n) is 4.71. The average Bonchev–Trinajstić information content (AvgIpc) is 3.24. The molecule has 1 aromatic carbocycles. The molecule has 4 aromatic rings. The molecule has 0 aliphatic carbocycles. The summed E-state index contributed by atoms with van der Waals surface area (Å²) in [6.07, 6.45) is 1.34. The quantitative estimate of drug-likeness (QED) is 0.587. The maximum atomic E-state index is 13.2. The van der Waals surface area contributed by atoms with Crippen molar-refractivity contribution in [3.63, 3.8) is 0 Å². The van der Waals surface area contributed by atoms with Crippen molar-refractivity contribution in [3.8, 4) is 11.3 Å². The van der Waals surface area contributed by atoms with E-state index in [-0.39, 0.29) is 11.7 Å². The second-order valence-corrected chi connectivity index (χ2v) is 6.46. The van der Waals surface area contributed by atoms with Crippen LogP contribution in [0.5, 0.6) is 0 Å². The predicted molar refractivity (Wildman–Crippen MR) is 100 cm³/mol. The molecule has 3 aromatic heterocycles. The Morgan fingerprint density at radius 2 is 1.96 bits per heavy atom. The lowest BCUT2D eigenvalue weighted by Crippen LogP contribution is -2.26. The molecule has 0 aliphatic heterocycles. The molecule has 0 unspecified atom stereocenters. The summed E-state index contributed by atoms with van der Waals surface area (Å²) in [7, 11) is 1.87. The summed E-state index contributed by atoms with van der Waals surface area (Å²) < 4.78 is 16.4. The van der Waals surface area contributed by atoms with Gasteiger partial charge in [0.15, 0.2) is 0 Å². The van der Waals surface area contributed by atoms with Crippen LogP contribution in [0.15, 0.2) is 36.7 Å². The van der Waals surface area contributed by atoms with Crippen molar-refractivity contribution in [2.45, 2.75) is 20.4 Å². The smallest absolute Gasteiger partial charge is 0.270 e. The van der Waals surface area contributed by atoms with Crippen LogP contribution in [0.3, 0.4) is 0 Å². The Hall–Kier alpha value is -3.62. The van der Waals surface area contributed by atoms with Crippen molar-refractivity contribution in [1.82, 2.24) is 34.7 Å². The van der Waals surface area contributed by atoms with Gasteiger partial charge in [-0.15, -0.1) is 0 Å². The maximum Gasteiger partial charge on any atom is 0.270 e. The van der Waals surface area contributed by atoms with Gasteiger partial charge in [0.1, 0.15) is 17.8 Å². The highest BCUT2D eigenvalue weighted by Gasteiger charge is 2.17. The van der Waals surface area contributed by atoms with Gasteiger partial charge in [0.05, 0.1) is 11.4 Å². The van der Waals surface area contributed by atoms with Crippen LogP contribution in [0.1, 0.15) is 27.4 Å². The second kappa shape index (κ2) is 6.84. The van der Waals surface area contributed by atoms with E-state index in [9.17, 15) is 9.18 Å². The number of carbonyl (C=O) groups excluding carboxylic acids is 1. The minimum Gasteiger partial charge on any atom is -0.346 e. The highest BCUT2D eigenvalue weighted by Crippen LogP contribution is 2.20. The number of fused-ring (bicyclic) bond motifs is 1. The summed E-state index contributed by atoms with van der Waals surface area (Å²) in [5.41, 5.74) is 4.32. The van der Waals surface area contributed by atoms with Crippen LogP contribution in [0, 0.1) is 19.7 Å². The molecule has 0 atom stereocenters. The van der Waals surface area contributed by atoms with Gasteiger partial charge in [0.2, 0.25) is 0 Å². The first-order valence-electron chi connectivity index (χ1n) is 8.68. The molecule has 9 heteroatoms. The number of nitrogens with one attached hydrogen (secondary N) is 1. The van der Waals surface area contributed by atoms with E-state index >= 15 is 0 Å². The Bertz CT molecular complexity index is 1180. The Balaban J connectivity index is 1.68. The number of benzene rings is 1. The summed E-state index contributed by atoms with van der Waals surface area (Å²) in [5.74, 6) is -0.364. The van der Waals surface area contributed by atoms with Crippen molar-refractivity contribution in [3.05, 3.63) is 65.1 Å². The van der Waals surface area contributed by atoms with Crippen LogP contribution in [0.4, 0.5) is 4.39 Å². The molecule has 0 fully saturated rings. The lowest BCUT2D eigenvalue weighted by molar-refractivity contribution is 0.0943. The van der Waals surface area contributed by atoms with Gasteiger partial charge in [-0.2, -0.15) is 19.7 Å². The third kappa shape index (κ3) is 3.11. The Morgan fingerprint density at radius 1 is 1.21 bits per heavy atom. The monoisotopic (exact) mass is 379 g/mol. The number of carbonyl (C=O) groups is 1. The minimum absolute atomic E-state index is 0.292. The van der Waals surface area contributed by atoms with Gasteiger partial charge in [-0.05, 0) is 44.2 Å². The normalized spacial score (nSPS) is 11.1. The second-order valence-electron chi connectivity index (χ2n) is 6.46. The highest BCUT2D eigenvalue weighted by molar-refractivity contribution is 5.94. The average molecular weight is 379 g/mol. The summed E-state index contributed by atoms with van der Waals surface area (Å²) in [6, 6.07) is 7.52. The summed E-state index contributed by atoms with van der Waals surface area (Å²) in [5, 5.41) is 11.4. The number of aryl methyl sites for hydroxylation is 2. The number of hydrogen-bond donors (Lipinski definition) is 1. The summed E-state index contributed by atoms with van der Waals surface area (Å²) in [6.45, 7) is 4.20. The van der Waals surface area contributed by atoms with Crippen LogP contribution in [-0.4, -0.2) is 35.3 Å². The Morgan fingerprint density at radius 3 is 2.64 bits per heavy atom. The van der Waals surface area contributed by atoms with Gasteiger partial charge < -0.3 is 5.32 Å². The molecule has 0 saturated heterocycles. The lowest BCUT2D eigenvalue weighted by atomic mass is 10.1. The number of nitrogens with zero attached hydrogens (tertiary/aromatic N) is 6. The van der Waals surface area contributed by atoms with E-state index in [1.54, 1.807) is 22.9 Å². The fourth-order valence-corrected chi connectivity index (χ4v) is 3.08. The lowest BCUT2D eigenvalue weighted by Gasteiger charge is -2.09. The van der Waals surface area contributed by atoms with Crippen molar-refractivity contribution in [2.24, 2.45) is 7.05 Å². The van der Waals surface area contributed by atoms with Crippen LogP contribution in [0.25, 0.3) is 17.0 Å². The molecule has 0 bridgehead atoms. The molecular weight excluding hydrogens is 361 g/mol. The molecule has 1 N–H and O–H groups in total. The van der Waals surface area contributed by atoms with E-state index in [4.69, 9.17) is 0 Å². The first-order valence-corrected chi connectivity index (χ1v) is 8.68. The molecule has 0 spiro atoms. The molecule has 8 nitrogen and oxygen atoms in total. The molecule has 0 aliphatic rings. The van der Waals surface area contributed by atoms with Crippen molar-refractivity contribution < 1.29 is 9.18 Å². The van der Waals surface area contributed by atoms with Gasteiger partial charge in [-0.25, -0.2) is 9.37 Å². The van der Waals surface area contributed by atoms with E-state index in [1.165, 1.54) is 23.0 Å². The Kier molecular flexibility index (Phi) is 4.34. The standard InChI is InChI=1S/C19H18FN7O/c1-11-15(12(2)26(3)25-11)9-21-18(28)17-8-16(13-4-6-14(20)7-5-13)24-19-22-10-23-27(17)19/h4-8,10H,9H2,1-3H3,(H,21,28). The van der Waals surface area contributed by atoms with Crippen molar-refractivity contribution in [1.29, 1.82) is 0 Å². The largest absolute Gasteiger partial charge is 0.346 e. The topological polar surface area (TPSA) is 90.0 Å². The first-order chi connectivity index (χ1) is 13.4. The van der Waals surface area contributed by atoms with Gasteiger partial charge in [0.25, 0.3) is 11.7 Å². The fourth-order valence-electron chi connectivity index (χ4n) is 3.08. The van der Waals surface area contributed by atoms with Crippen LogP contribution in [0.2, 0.25) is 0 Å². The molecule has 0 radical (unpaired) electrons.